The zero-order valence-electron chi connectivity index (χ0n) is 11.0. The molecule has 1 aliphatic carbocycles. The van der Waals surface area contributed by atoms with Crippen LogP contribution in [0.1, 0.15) is 25.7 Å². The van der Waals surface area contributed by atoms with E-state index in [-0.39, 0.29) is 10.9 Å². The van der Waals surface area contributed by atoms with Crippen LogP contribution < -0.4 is 4.72 Å². The minimum atomic E-state index is -3.53. The number of nitrogens with one attached hydrogen (secondary N) is 1. The number of hydrogen-bond acceptors (Lipinski definition) is 2. The summed E-state index contributed by atoms with van der Waals surface area (Å²) < 4.78 is 28.0. The topological polar surface area (TPSA) is 46.2 Å². The van der Waals surface area contributed by atoms with Crippen LogP contribution in [0.15, 0.2) is 41.3 Å². The predicted octanol–water partition coefficient (Wildman–Crippen LogP) is 3.71. The summed E-state index contributed by atoms with van der Waals surface area (Å²) in [6.07, 6.45) is 4.00. The van der Waals surface area contributed by atoms with Crippen LogP contribution in [0.2, 0.25) is 5.02 Å². The van der Waals surface area contributed by atoms with Crippen LogP contribution in [-0.2, 0) is 10.0 Å². The highest BCUT2D eigenvalue weighted by Crippen LogP contribution is 2.30. The molecule has 0 radical (unpaired) electrons. The number of benzene rings is 2. The van der Waals surface area contributed by atoms with Crippen molar-refractivity contribution in [3.63, 3.8) is 0 Å². The monoisotopic (exact) mass is 309 g/mol. The SMILES string of the molecule is O=S(=O)(NC1CCCC1)c1cccc2cccc(Cl)c12. The predicted molar refractivity (Wildman–Crippen MR) is 81.5 cm³/mol. The van der Waals surface area contributed by atoms with Gasteiger partial charge in [0, 0.05) is 16.5 Å². The Morgan fingerprint density at radius 3 is 2.40 bits per heavy atom. The Morgan fingerprint density at radius 1 is 1.05 bits per heavy atom. The number of halogens is 1. The lowest BCUT2D eigenvalue weighted by atomic mass is 10.1. The molecule has 3 rings (SSSR count). The largest absolute Gasteiger partial charge is 0.241 e. The Kier molecular flexibility index (Phi) is 3.71. The van der Waals surface area contributed by atoms with E-state index in [1.807, 2.05) is 18.2 Å². The fourth-order valence-electron chi connectivity index (χ4n) is 2.81. The van der Waals surface area contributed by atoms with Crippen molar-refractivity contribution in [1.29, 1.82) is 0 Å². The molecule has 5 heteroatoms. The normalized spacial score (nSPS) is 16.9. The van der Waals surface area contributed by atoms with Gasteiger partial charge < -0.3 is 0 Å². The molecule has 0 atom stereocenters. The number of fused-ring (bicyclic) bond motifs is 1. The van der Waals surface area contributed by atoms with Crippen LogP contribution in [0.3, 0.4) is 0 Å². The smallest absolute Gasteiger partial charge is 0.208 e. The molecule has 2 aromatic rings. The van der Waals surface area contributed by atoms with Crippen molar-refractivity contribution in [2.75, 3.05) is 0 Å². The van der Waals surface area contributed by atoms with Crippen molar-refractivity contribution in [2.24, 2.45) is 0 Å². The zero-order valence-corrected chi connectivity index (χ0v) is 12.5. The summed E-state index contributed by atoms with van der Waals surface area (Å²) in [5.41, 5.74) is 0. The summed E-state index contributed by atoms with van der Waals surface area (Å²) in [6.45, 7) is 0. The summed E-state index contributed by atoms with van der Waals surface area (Å²) >= 11 is 6.19. The van der Waals surface area contributed by atoms with Gasteiger partial charge in [-0.1, -0.05) is 48.7 Å². The van der Waals surface area contributed by atoms with Crippen molar-refractivity contribution in [3.8, 4) is 0 Å². The first-order chi connectivity index (χ1) is 9.58. The molecule has 0 amide bonds. The van der Waals surface area contributed by atoms with Crippen LogP contribution in [0.25, 0.3) is 10.8 Å². The van der Waals surface area contributed by atoms with Gasteiger partial charge in [-0.2, -0.15) is 0 Å². The van der Waals surface area contributed by atoms with E-state index in [1.54, 1.807) is 18.2 Å². The highest BCUT2D eigenvalue weighted by atomic mass is 35.5. The Morgan fingerprint density at radius 2 is 1.70 bits per heavy atom. The Labute approximate surface area is 124 Å². The van der Waals surface area contributed by atoms with Gasteiger partial charge in [0.1, 0.15) is 0 Å². The van der Waals surface area contributed by atoms with Crippen molar-refractivity contribution < 1.29 is 8.42 Å². The average Bonchev–Trinajstić information content (AvgIpc) is 2.90. The summed E-state index contributed by atoms with van der Waals surface area (Å²) in [6, 6.07) is 10.7. The Hall–Kier alpha value is -1.10. The maximum absolute atomic E-state index is 12.6. The van der Waals surface area contributed by atoms with Gasteiger partial charge in [0.15, 0.2) is 0 Å². The third-order valence-corrected chi connectivity index (χ3v) is 5.66. The summed E-state index contributed by atoms with van der Waals surface area (Å²) in [4.78, 5) is 0.271. The lowest BCUT2D eigenvalue weighted by Gasteiger charge is -2.14. The molecule has 106 valence electrons. The molecule has 0 heterocycles. The molecule has 20 heavy (non-hydrogen) atoms. The molecular formula is C15H16ClNO2S. The summed E-state index contributed by atoms with van der Waals surface area (Å²) in [5.74, 6) is 0. The molecule has 0 bridgehead atoms. The van der Waals surface area contributed by atoms with Crippen LogP contribution in [0, 0.1) is 0 Å². The molecule has 1 N–H and O–H groups in total. The van der Waals surface area contributed by atoms with Crippen molar-refractivity contribution in [1.82, 2.24) is 4.72 Å². The molecule has 1 fully saturated rings. The van der Waals surface area contributed by atoms with E-state index >= 15 is 0 Å². The fourth-order valence-corrected chi connectivity index (χ4v) is 4.71. The second-order valence-electron chi connectivity index (χ2n) is 5.20. The molecule has 0 aliphatic heterocycles. The second kappa shape index (κ2) is 5.35. The van der Waals surface area contributed by atoms with Gasteiger partial charge in [-0.25, -0.2) is 13.1 Å². The summed E-state index contributed by atoms with van der Waals surface area (Å²) in [7, 11) is -3.53. The molecule has 3 nitrogen and oxygen atoms in total. The van der Waals surface area contributed by atoms with Gasteiger partial charge in [-0.3, -0.25) is 0 Å². The third kappa shape index (κ3) is 2.55. The first-order valence-electron chi connectivity index (χ1n) is 6.77. The highest BCUT2D eigenvalue weighted by molar-refractivity contribution is 7.89. The van der Waals surface area contributed by atoms with E-state index in [1.165, 1.54) is 0 Å². The van der Waals surface area contributed by atoms with E-state index in [0.29, 0.717) is 10.4 Å². The second-order valence-corrected chi connectivity index (χ2v) is 7.29. The van der Waals surface area contributed by atoms with E-state index in [0.717, 1.165) is 31.1 Å². The molecule has 0 aromatic heterocycles. The first-order valence-corrected chi connectivity index (χ1v) is 8.63. The molecular weight excluding hydrogens is 294 g/mol. The minimum absolute atomic E-state index is 0.0535. The number of sulfonamides is 1. The third-order valence-electron chi connectivity index (χ3n) is 3.78. The Bertz CT molecular complexity index is 731. The van der Waals surface area contributed by atoms with Crippen LogP contribution in [0.4, 0.5) is 0 Å². The molecule has 2 aromatic carbocycles. The standard InChI is InChI=1S/C15H16ClNO2S/c16-13-9-3-5-11-6-4-10-14(15(11)13)20(18,19)17-12-7-1-2-8-12/h3-6,9-10,12,17H,1-2,7-8H2. The van der Waals surface area contributed by atoms with E-state index in [4.69, 9.17) is 11.6 Å². The van der Waals surface area contributed by atoms with Crippen LogP contribution in [0.5, 0.6) is 0 Å². The molecule has 1 saturated carbocycles. The van der Waals surface area contributed by atoms with Crippen LogP contribution in [-0.4, -0.2) is 14.5 Å². The zero-order chi connectivity index (χ0) is 14.2. The van der Waals surface area contributed by atoms with Gasteiger partial charge in [0.05, 0.1) is 4.90 Å². The number of rotatable bonds is 3. The van der Waals surface area contributed by atoms with Crippen molar-refractivity contribution >= 4 is 32.4 Å². The highest BCUT2D eigenvalue weighted by Gasteiger charge is 2.24. The van der Waals surface area contributed by atoms with E-state index < -0.39 is 10.0 Å². The number of hydrogen-bond donors (Lipinski definition) is 1. The lowest BCUT2D eigenvalue weighted by Crippen LogP contribution is -2.32. The van der Waals surface area contributed by atoms with Crippen LogP contribution >= 0.6 is 11.6 Å². The van der Waals surface area contributed by atoms with Gasteiger partial charge in [0.25, 0.3) is 0 Å². The van der Waals surface area contributed by atoms with Gasteiger partial charge in [-0.15, -0.1) is 0 Å². The van der Waals surface area contributed by atoms with Crippen molar-refractivity contribution in [3.05, 3.63) is 41.4 Å². The summed E-state index contributed by atoms with van der Waals surface area (Å²) in [5, 5.41) is 1.91. The fraction of sp³-hybridized carbons (Fsp3) is 0.333. The van der Waals surface area contributed by atoms with Gasteiger partial charge in [-0.05, 0) is 30.4 Å². The maximum Gasteiger partial charge on any atom is 0.241 e. The maximum atomic E-state index is 12.6. The lowest BCUT2D eigenvalue weighted by molar-refractivity contribution is 0.553. The first kappa shape index (κ1) is 13.9. The molecule has 0 saturated heterocycles. The molecule has 0 spiro atoms. The van der Waals surface area contributed by atoms with E-state index in [2.05, 4.69) is 4.72 Å². The molecule has 1 aliphatic rings. The average molecular weight is 310 g/mol. The Balaban J connectivity index is 2.09. The van der Waals surface area contributed by atoms with Crippen molar-refractivity contribution in [2.45, 2.75) is 36.6 Å². The van der Waals surface area contributed by atoms with Gasteiger partial charge >= 0.3 is 0 Å². The molecule has 0 unspecified atom stereocenters. The van der Waals surface area contributed by atoms with Gasteiger partial charge in [0.2, 0.25) is 10.0 Å². The quantitative estimate of drug-likeness (QED) is 0.939. The minimum Gasteiger partial charge on any atom is -0.208 e. The van der Waals surface area contributed by atoms with E-state index in [9.17, 15) is 8.42 Å².